The van der Waals surface area contributed by atoms with Crippen LogP contribution in [0.1, 0.15) is 85.6 Å². The number of carbonyl (C=O) groups is 5. The Labute approximate surface area is 333 Å². The van der Waals surface area contributed by atoms with Crippen molar-refractivity contribution >= 4 is 48.1 Å². The lowest BCUT2D eigenvalue weighted by Gasteiger charge is -2.44. The molecule has 5 atom stereocenters. The number of benzene rings is 3. The minimum Gasteiger partial charge on any atom is -0.397 e. The molecule has 56 heavy (non-hydrogen) atoms. The number of nitrogens with one attached hydrogen (secondary N) is 3. The molecule has 11 heteroatoms. The molecule has 2 heterocycles. The van der Waals surface area contributed by atoms with Gasteiger partial charge >= 0.3 is 0 Å². The van der Waals surface area contributed by atoms with E-state index in [4.69, 9.17) is 4.43 Å². The van der Waals surface area contributed by atoms with Gasteiger partial charge in [-0.25, -0.2) is 0 Å². The fourth-order valence-corrected chi connectivity index (χ4v) is 12.5. The van der Waals surface area contributed by atoms with E-state index in [9.17, 15) is 24.0 Å². The van der Waals surface area contributed by atoms with Crippen LogP contribution in [0.25, 0.3) is 0 Å². The molecule has 0 unspecified atom stereocenters. The Morgan fingerprint density at radius 1 is 0.893 bits per heavy atom. The molecule has 5 rings (SSSR count). The molecule has 2 aliphatic rings. The van der Waals surface area contributed by atoms with Gasteiger partial charge in [0.1, 0.15) is 29.8 Å². The molecule has 3 aromatic carbocycles. The highest BCUT2D eigenvalue weighted by molar-refractivity contribution is 6.99. The standard InChI is InChI=1S/C45H58N4O6Si/c1-7-45(6)43(54)47-37(31-33-21-12-8-13-22-33)42(53)49-30-20-28-38(49)41(52)46-36(40(51)48-45)27-18-11-19-29-39(50)32(2)55-56(44(3,4)5,34-23-14-9-15-24-34)35-25-16-10-17-26-35/h8-10,12-17,19,21-26,29,32,36-38H,7,11,18,20,27-28,30-31H2,1-6H3,(H,46,52)(H,47,54)(H,48,51)/b29-19+/t32-,36-,37-,38+,45-/m0/s1. The molecular weight excluding hydrogens is 721 g/mol. The third kappa shape index (κ3) is 9.56. The number of ketones is 1. The number of hydrogen-bond acceptors (Lipinski definition) is 6. The summed E-state index contributed by atoms with van der Waals surface area (Å²) in [5.74, 6) is -1.79. The molecule has 0 spiro atoms. The average Bonchev–Trinajstić information content (AvgIpc) is 3.69. The third-order valence-corrected chi connectivity index (χ3v) is 16.4. The summed E-state index contributed by atoms with van der Waals surface area (Å²) in [5, 5.41) is 10.7. The van der Waals surface area contributed by atoms with E-state index in [0.717, 1.165) is 15.9 Å². The van der Waals surface area contributed by atoms with Gasteiger partial charge in [-0.05, 0) is 79.4 Å². The fraction of sp³-hybridized carbons (Fsp3) is 0.444. The summed E-state index contributed by atoms with van der Waals surface area (Å²) in [5.41, 5.74) is -0.454. The molecule has 2 saturated heterocycles. The molecule has 298 valence electrons. The minimum absolute atomic E-state index is 0.156. The van der Waals surface area contributed by atoms with Gasteiger partial charge in [-0.2, -0.15) is 0 Å². The van der Waals surface area contributed by atoms with Crippen molar-refractivity contribution in [2.45, 2.75) is 121 Å². The van der Waals surface area contributed by atoms with E-state index in [2.05, 4.69) is 61.0 Å². The second-order valence-corrected chi connectivity index (χ2v) is 20.6. The first-order valence-electron chi connectivity index (χ1n) is 20.0. The number of amides is 4. The Hall–Kier alpha value is -4.87. The van der Waals surface area contributed by atoms with Gasteiger partial charge < -0.3 is 25.3 Å². The van der Waals surface area contributed by atoms with E-state index in [-0.39, 0.29) is 41.9 Å². The molecule has 2 aliphatic heterocycles. The monoisotopic (exact) mass is 778 g/mol. The summed E-state index contributed by atoms with van der Waals surface area (Å²) in [6.45, 7) is 12.1. The van der Waals surface area contributed by atoms with Gasteiger partial charge in [0.15, 0.2) is 5.78 Å². The summed E-state index contributed by atoms with van der Waals surface area (Å²) >= 11 is 0. The molecule has 0 bridgehead atoms. The van der Waals surface area contributed by atoms with Crippen molar-refractivity contribution < 1.29 is 28.4 Å². The smallest absolute Gasteiger partial charge is 0.262 e. The lowest BCUT2D eigenvalue weighted by molar-refractivity contribution is -0.144. The quantitative estimate of drug-likeness (QED) is 0.130. The van der Waals surface area contributed by atoms with E-state index >= 15 is 0 Å². The topological polar surface area (TPSA) is 134 Å². The Balaban J connectivity index is 1.28. The van der Waals surface area contributed by atoms with E-state index in [1.54, 1.807) is 37.8 Å². The highest BCUT2D eigenvalue weighted by Gasteiger charge is 2.51. The van der Waals surface area contributed by atoms with Crippen LogP contribution in [0.3, 0.4) is 0 Å². The van der Waals surface area contributed by atoms with Crippen LogP contribution in [-0.2, 0) is 34.8 Å². The predicted molar refractivity (Wildman–Crippen MR) is 222 cm³/mol. The Morgan fingerprint density at radius 3 is 2.05 bits per heavy atom. The molecule has 0 aromatic heterocycles. The average molecular weight is 779 g/mol. The minimum atomic E-state index is -2.94. The normalized spacial score (nSPS) is 23.0. The molecular formula is C45H58N4O6Si. The van der Waals surface area contributed by atoms with Crippen molar-refractivity contribution in [3.63, 3.8) is 0 Å². The second kappa shape index (κ2) is 18.4. The van der Waals surface area contributed by atoms with Crippen molar-refractivity contribution in [3.05, 3.63) is 109 Å². The van der Waals surface area contributed by atoms with E-state index in [1.807, 2.05) is 66.7 Å². The Kier molecular flexibility index (Phi) is 13.9. The van der Waals surface area contributed by atoms with Gasteiger partial charge in [0.25, 0.3) is 8.32 Å². The molecule has 10 nitrogen and oxygen atoms in total. The van der Waals surface area contributed by atoms with Crippen LogP contribution < -0.4 is 26.3 Å². The molecule has 2 fully saturated rings. The lowest BCUT2D eigenvalue weighted by atomic mass is 9.94. The SMILES string of the molecule is CC[C@]1(C)NC(=O)[C@H](CCC/C=C/C(=O)[C@H](C)O[Si](c2ccccc2)(c2ccccc2)C(C)(C)C)NC(=O)[C@H]2CCCN2C(=O)[C@H](Cc2ccccc2)NC1=O. The lowest BCUT2D eigenvalue weighted by Crippen LogP contribution is -2.68. The number of nitrogens with zero attached hydrogens (tertiary/aromatic N) is 1. The van der Waals surface area contributed by atoms with Crippen LogP contribution in [-0.4, -0.2) is 78.9 Å². The zero-order valence-electron chi connectivity index (χ0n) is 33.7. The van der Waals surface area contributed by atoms with Crippen LogP contribution in [0.2, 0.25) is 5.04 Å². The maximum absolute atomic E-state index is 14.0. The fourth-order valence-electron chi connectivity index (χ4n) is 7.86. The molecule has 4 amide bonds. The highest BCUT2D eigenvalue weighted by Crippen LogP contribution is 2.37. The summed E-state index contributed by atoms with van der Waals surface area (Å²) in [6.07, 6.45) is 5.46. The van der Waals surface area contributed by atoms with Gasteiger partial charge in [-0.3, -0.25) is 24.0 Å². The number of unbranched alkanes of at least 4 members (excludes halogenated alkanes) is 1. The Morgan fingerprint density at radius 2 is 1.48 bits per heavy atom. The summed E-state index contributed by atoms with van der Waals surface area (Å²) in [6, 6.07) is 27.2. The predicted octanol–water partition coefficient (Wildman–Crippen LogP) is 4.75. The number of allylic oxidation sites excluding steroid dienone is 1. The largest absolute Gasteiger partial charge is 0.397 e. The first-order valence-corrected chi connectivity index (χ1v) is 21.9. The Bertz CT molecular complexity index is 1830. The molecule has 0 aliphatic carbocycles. The molecule has 3 N–H and O–H groups in total. The molecule has 0 radical (unpaired) electrons. The van der Waals surface area contributed by atoms with Crippen molar-refractivity contribution in [2.24, 2.45) is 0 Å². The van der Waals surface area contributed by atoms with Crippen LogP contribution in [0.5, 0.6) is 0 Å². The van der Waals surface area contributed by atoms with E-state index in [0.29, 0.717) is 32.2 Å². The zero-order chi connectivity index (χ0) is 40.5. The summed E-state index contributed by atoms with van der Waals surface area (Å²) in [7, 11) is -2.94. The molecule has 3 aromatic rings. The second-order valence-electron chi connectivity index (χ2n) is 16.3. The zero-order valence-corrected chi connectivity index (χ0v) is 34.7. The van der Waals surface area contributed by atoms with Crippen LogP contribution in [0.4, 0.5) is 0 Å². The maximum atomic E-state index is 14.0. The summed E-state index contributed by atoms with van der Waals surface area (Å²) in [4.78, 5) is 70.6. The van der Waals surface area contributed by atoms with Crippen LogP contribution >= 0.6 is 0 Å². The first kappa shape index (κ1) is 42.3. The first-order chi connectivity index (χ1) is 26.7. The maximum Gasteiger partial charge on any atom is 0.262 e. The van der Waals surface area contributed by atoms with Gasteiger partial charge in [0.2, 0.25) is 23.6 Å². The van der Waals surface area contributed by atoms with Gasteiger partial charge in [0.05, 0.1) is 0 Å². The summed E-state index contributed by atoms with van der Waals surface area (Å²) < 4.78 is 6.98. The van der Waals surface area contributed by atoms with Gasteiger partial charge in [-0.1, -0.05) is 125 Å². The number of fused-ring (bicyclic) bond motifs is 1. The van der Waals surface area contributed by atoms with E-state index in [1.165, 1.54) is 0 Å². The van der Waals surface area contributed by atoms with E-state index < -0.39 is 49.9 Å². The van der Waals surface area contributed by atoms with Gasteiger partial charge in [0, 0.05) is 13.0 Å². The van der Waals surface area contributed by atoms with Crippen LogP contribution in [0.15, 0.2) is 103 Å². The third-order valence-electron chi connectivity index (χ3n) is 11.3. The van der Waals surface area contributed by atoms with Crippen LogP contribution in [0, 0.1) is 0 Å². The number of hydrogen-bond donors (Lipinski definition) is 3. The number of carbonyl (C=O) groups excluding carboxylic acids is 5. The molecule has 0 saturated carbocycles. The van der Waals surface area contributed by atoms with Crippen molar-refractivity contribution in [1.82, 2.24) is 20.9 Å². The van der Waals surface area contributed by atoms with Gasteiger partial charge in [-0.15, -0.1) is 0 Å². The highest BCUT2D eigenvalue weighted by atomic mass is 28.4. The van der Waals surface area contributed by atoms with Crippen molar-refractivity contribution in [1.29, 1.82) is 0 Å². The van der Waals surface area contributed by atoms with Crippen molar-refractivity contribution in [3.8, 4) is 0 Å². The van der Waals surface area contributed by atoms with Crippen molar-refractivity contribution in [2.75, 3.05) is 6.54 Å². The number of rotatable bonds is 13.